The van der Waals surface area contributed by atoms with Crippen LogP contribution >= 0.6 is 11.3 Å². The number of thiazole rings is 1. The maximum absolute atomic E-state index is 6.18. The van der Waals surface area contributed by atoms with E-state index in [4.69, 9.17) is 24.9 Å². The van der Waals surface area contributed by atoms with E-state index in [0.29, 0.717) is 19.0 Å². The van der Waals surface area contributed by atoms with Gasteiger partial charge in [0.25, 0.3) is 0 Å². The molecule has 1 atom stereocenters. The van der Waals surface area contributed by atoms with Gasteiger partial charge in [0.05, 0.1) is 4.70 Å². The zero-order valence-electron chi connectivity index (χ0n) is 17.9. The summed E-state index contributed by atoms with van der Waals surface area (Å²) in [6.45, 7) is 1.79. The molecule has 0 amide bonds. The fraction of sp³-hybridized carbons (Fsp3) is 0.250. The van der Waals surface area contributed by atoms with Crippen LogP contribution in [0.4, 0.5) is 5.82 Å². The number of nitrogens with two attached hydrogens (primary N) is 1. The summed E-state index contributed by atoms with van der Waals surface area (Å²) in [7, 11) is 4.04. The number of fused-ring (bicyclic) bond motifs is 2. The van der Waals surface area contributed by atoms with E-state index < -0.39 is 0 Å². The highest BCUT2D eigenvalue weighted by Crippen LogP contribution is 2.41. The number of para-hydroxylation sites is 2. The van der Waals surface area contributed by atoms with Crippen LogP contribution in [0.3, 0.4) is 0 Å². The van der Waals surface area contributed by atoms with Gasteiger partial charge in [-0.3, -0.25) is 0 Å². The number of nitrogens with zero attached hydrogens (tertiary/aromatic N) is 3. The van der Waals surface area contributed by atoms with Crippen molar-refractivity contribution in [3.05, 3.63) is 59.7 Å². The third kappa shape index (κ3) is 4.19. The van der Waals surface area contributed by atoms with Crippen LogP contribution in [0.2, 0.25) is 0 Å². The van der Waals surface area contributed by atoms with Gasteiger partial charge in [-0.25, -0.2) is 9.97 Å². The van der Waals surface area contributed by atoms with Gasteiger partial charge in [0.2, 0.25) is 0 Å². The van der Waals surface area contributed by atoms with Crippen molar-refractivity contribution in [1.29, 1.82) is 0 Å². The molecule has 0 saturated heterocycles. The fourth-order valence-electron chi connectivity index (χ4n) is 3.54. The van der Waals surface area contributed by atoms with Gasteiger partial charge in [0, 0.05) is 12.7 Å². The minimum atomic E-state index is -0.267. The van der Waals surface area contributed by atoms with Crippen LogP contribution in [0.5, 0.6) is 17.2 Å². The van der Waals surface area contributed by atoms with Crippen LogP contribution in [0.1, 0.15) is 11.1 Å². The number of pyridine rings is 1. The lowest BCUT2D eigenvalue weighted by atomic mass is 10.1. The SMILES string of the molecule is CN(C)CCOc1cc(-c2ccnc(N)c2)cc2sc(C3COc4ccccc4O3)nc12. The zero-order valence-corrected chi connectivity index (χ0v) is 18.8. The first kappa shape index (κ1) is 20.5. The standard InChI is InChI=1S/C24H24N4O3S/c1-28(2)9-10-29-19-11-16(15-7-8-26-22(25)13-15)12-21-23(19)27-24(32-21)20-14-30-17-5-3-4-6-18(17)31-20/h3-8,11-13,20H,9-10,14H2,1-2H3,(H2,25,26). The highest BCUT2D eigenvalue weighted by Gasteiger charge is 2.26. The smallest absolute Gasteiger partial charge is 0.184 e. The van der Waals surface area contributed by atoms with Crippen molar-refractivity contribution in [2.75, 3.05) is 39.6 Å². The number of rotatable bonds is 6. The average molecular weight is 449 g/mol. The number of ether oxygens (including phenoxy) is 3. The van der Waals surface area contributed by atoms with Crippen molar-refractivity contribution in [2.45, 2.75) is 6.10 Å². The molecule has 32 heavy (non-hydrogen) atoms. The van der Waals surface area contributed by atoms with Crippen LogP contribution in [0.25, 0.3) is 21.3 Å². The van der Waals surface area contributed by atoms with Crippen molar-refractivity contribution in [3.8, 4) is 28.4 Å². The molecule has 7 nitrogen and oxygen atoms in total. The molecule has 5 rings (SSSR count). The highest BCUT2D eigenvalue weighted by atomic mass is 32.1. The van der Waals surface area contributed by atoms with E-state index >= 15 is 0 Å². The van der Waals surface area contributed by atoms with Gasteiger partial charge in [-0.05, 0) is 61.6 Å². The molecule has 0 spiro atoms. The summed E-state index contributed by atoms with van der Waals surface area (Å²) in [6.07, 6.45) is 1.45. The lowest BCUT2D eigenvalue weighted by Crippen LogP contribution is -2.21. The van der Waals surface area contributed by atoms with E-state index in [0.717, 1.165) is 50.1 Å². The monoisotopic (exact) mass is 448 g/mol. The Morgan fingerprint density at radius 3 is 2.78 bits per heavy atom. The number of benzene rings is 2. The number of nitrogen functional groups attached to an aromatic ring is 1. The van der Waals surface area contributed by atoms with E-state index in [1.807, 2.05) is 56.6 Å². The Hall–Kier alpha value is -3.36. The summed E-state index contributed by atoms with van der Waals surface area (Å²) in [6, 6.07) is 15.6. The zero-order chi connectivity index (χ0) is 22.1. The predicted molar refractivity (Wildman–Crippen MR) is 127 cm³/mol. The van der Waals surface area contributed by atoms with Gasteiger partial charge < -0.3 is 24.8 Å². The van der Waals surface area contributed by atoms with E-state index in [9.17, 15) is 0 Å². The first-order valence-electron chi connectivity index (χ1n) is 10.4. The summed E-state index contributed by atoms with van der Waals surface area (Å²) in [4.78, 5) is 11.1. The molecule has 0 aliphatic carbocycles. The van der Waals surface area contributed by atoms with Crippen molar-refractivity contribution < 1.29 is 14.2 Å². The molecule has 0 fully saturated rings. The molecular formula is C24H24N4O3S. The summed E-state index contributed by atoms with van der Waals surface area (Å²) < 4.78 is 19.3. The number of likely N-dealkylation sites (N-methyl/N-ethyl adjacent to an activating group) is 1. The fourth-order valence-corrected chi connectivity index (χ4v) is 4.58. The molecule has 0 radical (unpaired) electrons. The Morgan fingerprint density at radius 2 is 1.97 bits per heavy atom. The Morgan fingerprint density at radius 1 is 1.12 bits per heavy atom. The molecule has 3 heterocycles. The molecule has 164 valence electrons. The maximum atomic E-state index is 6.18. The van der Waals surface area contributed by atoms with Gasteiger partial charge in [-0.15, -0.1) is 11.3 Å². The van der Waals surface area contributed by atoms with Crippen molar-refractivity contribution in [2.24, 2.45) is 0 Å². The molecule has 8 heteroatoms. The third-order valence-corrected chi connectivity index (χ3v) is 6.27. The largest absolute Gasteiger partial charge is 0.490 e. The van der Waals surface area contributed by atoms with Gasteiger partial charge in [0.1, 0.15) is 35.3 Å². The number of hydrogen-bond acceptors (Lipinski definition) is 8. The Bertz CT molecular complexity index is 1260. The molecule has 0 bridgehead atoms. The van der Waals surface area contributed by atoms with Gasteiger partial charge in [-0.2, -0.15) is 0 Å². The second-order valence-electron chi connectivity index (χ2n) is 7.86. The first-order valence-corrected chi connectivity index (χ1v) is 11.2. The van der Waals surface area contributed by atoms with Crippen LogP contribution in [0.15, 0.2) is 54.7 Å². The second kappa shape index (κ2) is 8.64. The summed E-state index contributed by atoms with van der Waals surface area (Å²) in [5.74, 6) is 2.72. The quantitative estimate of drug-likeness (QED) is 0.468. The Kier molecular flexibility index (Phi) is 5.55. The minimum absolute atomic E-state index is 0.267. The van der Waals surface area contributed by atoms with Gasteiger partial charge in [0.15, 0.2) is 17.6 Å². The van der Waals surface area contributed by atoms with Gasteiger partial charge in [-0.1, -0.05) is 12.1 Å². The lowest BCUT2D eigenvalue weighted by molar-refractivity contribution is 0.0912. The summed E-state index contributed by atoms with van der Waals surface area (Å²) in [5, 5.41) is 0.860. The van der Waals surface area contributed by atoms with Crippen LogP contribution in [-0.2, 0) is 0 Å². The minimum Gasteiger partial charge on any atom is -0.490 e. The predicted octanol–water partition coefficient (Wildman–Crippen LogP) is 4.39. The van der Waals surface area contributed by atoms with Crippen LogP contribution < -0.4 is 19.9 Å². The van der Waals surface area contributed by atoms with E-state index in [-0.39, 0.29) is 6.10 Å². The lowest BCUT2D eigenvalue weighted by Gasteiger charge is -2.24. The summed E-state index contributed by atoms with van der Waals surface area (Å²) in [5.41, 5.74) is 8.73. The topological polar surface area (TPSA) is 82.7 Å². The van der Waals surface area contributed by atoms with Gasteiger partial charge >= 0.3 is 0 Å². The molecule has 4 aromatic rings. The molecule has 2 aromatic heterocycles. The Balaban J connectivity index is 1.52. The highest BCUT2D eigenvalue weighted by molar-refractivity contribution is 7.18. The molecule has 2 N–H and O–H groups in total. The van der Waals surface area contributed by atoms with Crippen molar-refractivity contribution >= 4 is 27.4 Å². The normalized spacial score (nSPS) is 15.3. The molecular weight excluding hydrogens is 424 g/mol. The molecule has 1 aliphatic heterocycles. The first-order chi connectivity index (χ1) is 15.6. The van der Waals surface area contributed by atoms with Crippen molar-refractivity contribution in [1.82, 2.24) is 14.9 Å². The van der Waals surface area contributed by atoms with E-state index in [1.165, 1.54) is 0 Å². The van der Waals surface area contributed by atoms with Crippen molar-refractivity contribution in [3.63, 3.8) is 0 Å². The van der Waals surface area contributed by atoms with Crippen LogP contribution in [0, 0.1) is 0 Å². The average Bonchev–Trinajstić information content (AvgIpc) is 3.23. The molecule has 0 saturated carbocycles. The molecule has 1 aliphatic rings. The number of hydrogen-bond donors (Lipinski definition) is 1. The van der Waals surface area contributed by atoms with E-state index in [1.54, 1.807) is 17.5 Å². The molecule has 2 aromatic carbocycles. The maximum Gasteiger partial charge on any atom is 0.184 e. The van der Waals surface area contributed by atoms with E-state index in [2.05, 4.69) is 16.0 Å². The van der Waals surface area contributed by atoms with Crippen LogP contribution in [-0.4, -0.2) is 48.7 Å². The third-order valence-electron chi connectivity index (χ3n) is 5.17. The molecule has 1 unspecified atom stereocenters. The summed E-state index contributed by atoms with van der Waals surface area (Å²) >= 11 is 1.59. The second-order valence-corrected chi connectivity index (χ2v) is 8.92. The number of anilines is 1. The Labute approximate surface area is 190 Å². The number of aromatic nitrogens is 2.